The lowest BCUT2D eigenvalue weighted by atomic mass is 9.71. The molecular weight excluding hydrogens is 456 g/mol. The van der Waals surface area contributed by atoms with Gasteiger partial charge in [-0.05, 0) is 118 Å². The Bertz CT molecular complexity index is 1000. The van der Waals surface area contributed by atoms with Gasteiger partial charge in [-0.25, -0.2) is 0 Å². The fraction of sp³-hybridized carbons (Fsp3) is 0.579. The van der Waals surface area contributed by atoms with E-state index in [1.54, 1.807) is 5.57 Å². The molecule has 0 spiro atoms. The topological polar surface area (TPSA) is 0 Å². The average molecular weight is 515 g/mol. The molecule has 2 aliphatic rings. The van der Waals surface area contributed by atoms with Crippen LogP contribution in [0.3, 0.4) is 0 Å². The van der Waals surface area contributed by atoms with Crippen LogP contribution in [0.1, 0.15) is 101 Å². The molecule has 2 aliphatic carbocycles. The second kappa shape index (κ2) is 15.5. The first-order valence-corrected chi connectivity index (χ1v) is 15.4. The van der Waals surface area contributed by atoms with Crippen LogP contribution < -0.4 is 0 Å². The van der Waals surface area contributed by atoms with E-state index in [-0.39, 0.29) is 0 Å². The summed E-state index contributed by atoms with van der Waals surface area (Å²) in [6.07, 6.45) is 27.0. The van der Waals surface area contributed by atoms with Gasteiger partial charge in [-0.3, -0.25) is 0 Å². The van der Waals surface area contributed by atoms with Crippen molar-refractivity contribution in [2.75, 3.05) is 0 Å². The Hall–Kier alpha value is -2.08. The van der Waals surface area contributed by atoms with Crippen LogP contribution in [-0.4, -0.2) is 0 Å². The molecule has 2 rings (SSSR count). The molecule has 0 aromatic rings. The van der Waals surface area contributed by atoms with E-state index in [0.717, 1.165) is 19.3 Å². The van der Waals surface area contributed by atoms with Gasteiger partial charge in [-0.15, -0.1) is 0 Å². The summed E-state index contributed by atoms with van der Waals surface area (Å²) in [6.45, 7) is 28.1. The van der Waals surface area contributed by atoms with E-state index in [2.05, 4.69) is 124 Å². The van der Waals surface area contributed by atoms with Gasteiger partial charge in [0, 0.05) is 0 Å². The second-order valence-electron chi connectivity index (χ2n) is 12.8. The normalized spacial score (nSPS) is 31.5. The van der Waals surface area contributed by atoms with Crippen molar-refractivity contribution in [3.63, 3.8) is 0 Å². The Kier molecular flexibility index (Phi) is 13.1. The van der Waals surface area contributed by atoms with Crippen molar-refractivity contribution in [2.45, 2.75) is 101 Å². The van der Waals surface area contributed by atoms with E-state index in [9.17, 15) is 0 Å². The van der Waals surface area contributed by atoms with Gasteiger partial charge in [0.2, 0.25) is 0 Å². The van der Waals surface area contributed by atoms with E-state index >= 15 is 0 Å². The highest BCUT2D eigenvalue weighted by Gasteiger charge is 2.29. The lowest BCUT2D eigenvalue weighted by Gasteiger charge is -2.34. The zero-order valence-corrected chi connectivity index (χ0v) is 26.5. The fourth-order valence-electron chi connectivity index (χ4n) is 6.76. The maximum absolute atomic E-state index is 4.70. The van der Waals surface area contributed by atoms with Crippen LogP contribution >= 0.6 is 0 Å². The van der Waals surface area contributed by atoms with Gasteiger partial charge in [0.15, 0.2) is 0 Å². The number of hydrogen-bond donors (Lipinski definition) is 0. The largest absolute Gasteiger partial charge is 0.0953 e. The minimum atomic E-state index is 0.439. The number of allylic oxidation sites excluding steroid dienone is 15. The van der Waals surface area contributed by atoms with Crippen molar-refractivity contribution >= 4 is 0 Å². The van der Waals surface area contributed by atoms with Crippen molar-refractivity contribution in [1.29, 1.82) is 0 Å². The van der Waals surface area contributed by atoms with Gasteiger partial charge in [0.1, 0.15) is 0 Å². The molecule has 0 heteroatoms. The molecule has 0 aromatic heterocycles. The molecule has 0 nitrogen and oxygen atoms in total. The van der Waals surface area contributed by atoms with Crippen LogP contribution in [0.5, 0.6) is 0 Å². The molecule has 0 radical (unpaired) electrons. The second-order valence-corrected chi connectivity index (χ2v) is 12.8. The van der Waals surface area contributed by atoms with Crippen molar-refractivity contribution < 1.29 is 0 Å². The smallest absolute Gasteiger partial charge is 0.0102 e. The Morgan fingerprint density at radius 2 is 1.82 bits per heavy atom. The van der Waals surface area contributed by atoms with Crippen molar-refractivity contribution in [1.82, 2.24) is 0 Å². The highest BCUT2D eigenvalue weighted by Crippen LogP contribution is 2.39. The Morgan fingerprint density at radius 3 is 2.47 bits per heavy atom. The molecule has 7 unspecified atom stereocenters. The fourth-order valence-corrected chi connectivity index (χ4v) is 6.76. The monoisotopic (exact) mass is 514 g/mol. The number of fused-ring (bicyclic) bond motifs is 1. The molecule has 210 valence electrons. The van der Waals surface area contributed by atoms with Crippen LogP contribution in [-0.2, 0) is 0 Å². The summed E-state index contributed by atoms with van der Waals surface area (Å²) in [5.74, 6) is 4.20. The minimum absolute atomic E-state index is 0.439. The summed E-state index contributed by atoms with van der Waals surface area (Å²) >= 11 is 0. The summed E-state index contributed by atoms with van der Waals surface area (Å²) in [4.78, 5) is 0. The Morgan fingerprint density at radius 1 is 1.11 bits per heavy atom. The minimum Gasteiger partial charge on any atom is -0.0953 e. The quantitative estimate of drug-likeness (QED) is 0.296. The first-order chi connectivity index (χ1) is 18.0. The first kappa shape index (κ1) is 32.1. The van der Waals surface area contributed by atoms with Gasteiger partial charge >= 0.3 is 0 Å². The summed E-state index contributed by atoms with van der Waals surface area (Å²) in [7, 11) is 0. The number of rotatable bonds is 7. The van der Waals surface area contributed by atoms with Gasteiger partial charge < -0.3 is 0 Å². The third-order valence-corrected chi connectivity index (χ3v) is 9.62. The molecule has 0 N–H and O–H groups in total. The average Bonchev–Trinajstić information content (AvgIpc) is 3.32. The van der Waals surface area contributed by atoms with Gasteiger partial charge in [0.25, 0.3) is 0 Å². The van der Waals surface area contributed by atoms with Crippen molar-refractivity contribution in [3.05, 3.63) is 94.7 Å². The molecule has 7 atom stereocenters. The summed E-state index contributed by atoms with van der Waals surface area (Å²) < 4.78 is 0. The molecule has 0 heterocycles. The van der Waals surface area contributed by atoms with Gasteiger partial charge in [0.05, 0.1) is 0 Å². The highest BCUT2D eigenvalue weighted by molar-refractivity contribution is 5.46. The maximum Gasteiger partial charge on any atom is -0.0102 e. The molecule has 0 saturated carbocycles. The van der Waals surface area contributed by atoms with Gasteiger partial charge in [-0.1, -0.05) is 120 Å². The van der Waals surface area contributed by atoms with Crippen LogP contribution in [0, 0.1) is 41.4 Å². The molecule has 38 heavy (non-hydrogen) atoms. The summed E-state index contributed by atoms with van der Waals surface area (Å²) in [5.41, 5.74) is 8.49. The number of hydrogen-bond acceptors (Lipinski definition) is 0. The molecule has 0 aliphatic heterocycles. The first-order valence-electron chi connectivity index (χ1n) is 15.4. The third kappa shape index (κ3) is 9.29. The zero-order chi connectivity index (χ0) is 28.4. The lowest BCUT2D eigenvalue weighted by molar-refractivity contribution is 0.223. The SMILES string of the molecule is C=C1/C(C)=C/C2=CCC(=C2)C(CC)C(C)CC(C)/C=C/C=C\CC1C(C)C(C)C(C)C/C(C)=C/C(C)=C/C. The predicted octanol–water partition coefficient (Wildman–Crippen LogP) is 11.8. The van der Waals surface area contributed by atoms with Gasteiger partial charge in [-0.2, -0.15) is 0 Å². The molecule has 0 amide bonds. The summed E-state index contributed by atoms with van der Waals surface area (Å²) in [6, 6.07) is 0. The molecule has 0 saturated heterocycles. The highest BCUT2D eigenvalue weighted by atomic mass is 14.3. The predicted molar refractivity (Wildman–Crippen MR) is 172 cm³/mol. The van der Waals surface area contributed by atoms with E-state index in [0.29, 0.717) is 41.4 Å². The molecule has 0 aromatic carbocycles. The summed E-state index contributed by atoms with van der Waals surface area (Å²) in [5, 5.41) is 0. The zero-order valence-electron chi connectivity index (χ0n) is 26.5. The van der Waals surface area contributed by atoms with E-state index in [4.69, 9.17) is 6.58 Å². The van der Waals surface area contributed by atoms with Crippen LogP contribution in [0.15, 0.2) is 94.7 Å². The molecular formula is C38H58. The standard InChI is InChI=1S/C38H58/c1-12-26(3)21-28(5)23-29(6)32(9)34(11)38-18-16-14-15-17-27(4)22-31(8)37(13-2)36-20-19-35(25-36)24-30(7)33(38)10/h12,14-17,19,21,24-25,27,29,31-32,34,37-38H,10,13,18,20,22-23H2,1-9,11H3/b16-14-,17-15+,26-12+,28-21+,30-24+. The van der Waals surface area contributed by atoms with E-state index in [1.165, 1.54) is 40.7 Å². The molecule has 0 fully saturated rings. The van der Waals surface area contributed by atoms with Crippen molar-refractivity contribution in [3.8, 4) is 0 Å². The Balaban J connectivity index is 2.34. The van der Waals surface area contributed by atoms with Crippen LogP contribution in [0.25, 0.3) is 0 Å². The Labute approximate surface area is 237 Å². The van der Waals surface area contributed by atoms with Crippen LogP contribution in [0.2, 0.25) is 0 Å². The maximum atomic E-state index is 4.70. The van der Waals surface area contributed by atoms with Crippen molar-refractivity contribution in [2.24, 2.45) is 41.4 Å². The van der Waals surface area contributed by atoms with E-state index < -0.39 is 0 Å². The lowest BCUT2D eigenvalue weighted by Crippen LogP contribution is -2.25. The van der Waals surface area contributed by atoms with E-state index in [1.807, 2.05) is 0 Å². The van der Waals surface area contributed by atoms with Crippen LogP contribution in [0.4, 0.5) is 0 Å². The molecule has 2 bridgehead atoms. The third-order valence-electron chi connectivity index (χ3n) is 9.62.